The number of benzene rings is 2. The summed E-state index contributed by atoms with van der Waals surface area (Å²) in [6.07, 6.45) is 0.0554. The highest BCUT2D eigenvalue weighted by molar-refractivity contribution is 6.40. The third-order valence-electron chi connectivity index (χ3n) is 4.04. The first kappa shape index (κ1) is 19.2. The highest BCUT2D eigenvalue weighted by Crippen LogP contribution is 2.30. The molecule has 6 nitrogen and oxygen atoms in total. The average Bonchev–Trinajstić information content (AvgIpc) is 3.15. The molecule has 2 amide bonds. The van der Waals surface area contributed by atoms with Gasteiger partial charge in [-0.1, -0.05) is 64.8 Å². The Hall–Kier alpha value is -2.57. The Balaban J connectivity index is 1.57. The van der Waals surface area contributed by atoms with E-state index in [1.54, 1.807) is 18.2 Å². The number of para-hydroxylation sites is 1. The second kappa shape index (κ2) is 8.41. The number of oxime groups is 1. The first-order chi connectivity index (χ1) is 13.0. The molecule has 1 aliphatic rings. The zero-order chi connectivity index (χ0) is 19.4. The maximum Gasteiger partial charge on any atom is 0.272 e. The molecule has 1 unspecified atom stereocenters. The van der Waals surface area contributed by atoms with Crippen molar-refractivity contribution in [3.05, 3.63) is 64.1 Å². The fourth-order valence-electron chi connectivity index (χ4n) is 2.65. The van der Waals surface area contributed by atoms with Crippen LogP contribution in [0.5, 0.6) is 0 Å². The number of anilines is 1. The molecule has 3 rings (SSSR count). The van der Waals surface area contributed by atoms with E-state index < -0.39 is 5.91 Å². The van der Waals surface area contributed by atoms with Crippen molar-refractivity contribution in [1.29, 1.82) is 0 Å². The van der Waals surface area contributed by atoms with Gasteiger partial charge >= 0.3 is 0 Å². The monoisotopic (exact) mass is 405 g/mol. The van der Waals surface area contributed by atoms with E-state index >= 15 is 0 Å². The van der Waals surface area contributed by atoms with Gasteiger partial charge in [-0.05, 0) is 17.7 Å². The minimum atomic E-state index is -0.417. The molecule has 0 fully saturated rings. The standard InChI is InChI=1S/C19H17Cl2N3O3/c1-24(11-17(25)22-18-13(20)8-5-9-14(18)21)19(26)15-10-16(27-23-15)12-6-3-2-4-7-12/h2-9,16H,10-11H2,1H3,(H,22,25). The van der Waals surface area contributed by atoms with E-state index in [9.17, 15) is 9.59 Å². The van der Waals surface area contributed by atoms with Gasteiger partial charge in [0, 0.05) is 13.5 Å². The van der Waals surface area contributed by atoms with Crippen molar-refractivity contribution in [2.24, 2.45) is 5.16 Å². The van der Waals surface area contributed by atoms with Crippen LogP contribution < -0.4 is 5.32 Å². The van der Waals surface area contributed by atoms with Crippen LogP contribution in [0.3, 0.4) is 0 Å². The molecular weight excluding hydrogens is 389 g/mol. The lowest BCUT2D eigenvalue weighted by Gasteiger charge is -2.17. The molecule has 140 valence electrons. The number of amides is 2. The van der Waals surface area contributed by atoms with E-state index in [1.807, 2.05) is 30.3 Å². The van der Waals surface area contributed by atoms with Crippen molar-refractivity contribution in [1.82, 2.24) is 4.90 Å². The normalized spacial score (nSPS) is 15.7. The summed E-state index contributed by atoms with van der Waals surface area (Å²) in [4.78, 5) is 31.4. The summed E-state index contributed by atoms with van der Waals surface area (Å²) in [6.45, 7) is -0.171. The third-order valence-corrected chi connectivity index (χ3v) is 4.67. The van der Waals surface area contributed by atoms with Crippen LogP contribution in [-0.2, 0) is 14.4 Å². The van der Waals surface area contributed by atoms with Gasteiger partial charge in [-0.25, -0.2) is 0 Å². The van der Waals surface area contributed by atoms with E-state index in [-0.39, 0.29) is 24.3 Å². The topological polar surface area (TPSA) is 71.0 Å². The Labute approximate surface area is 166 Å². The third kappa shape index (κ3) is 4.59. The summed E-state index contributed by atoms with van der Waals surface area (Å²) in [7, 11) is 1.52. The molecule has 0 aromatic heterocycles. The van der Waals surface area contributed by atoms with E-state index in [1.165, 1.54) is 11.9 Å². The van der Waals surface area contributed by atoms with Crippen LogP contribution >= 0.6 is 23.2 Å². The lowest BCUT2D eigenvalue weighted by Crippen LogP contribution is -2.38. The average molecular weight is 406 g/mol. The fraction of sp³-hybridized carbons (Fsp3) is 0.211. The zero-order valence-electron chi connectivity index (χ0n) is 14.5. The van der Waals surface area contributed by atoms with Gasteiger partial charge in [0.2, 0.25) is 5.91 Å². The quantitative estimate of drug-likeness (QED) is 0.819. The second-order valence-electron chi connectivity index (χ2n) is 6.05. The molecule has 0 saturated heterocycles. The Morgan fingerprint density at radius 2 is 1.81 bits per heavy atom. The summed E-state index contributed by atoms with van der Waals surface area (Å²) < 4.78 is 0. The van der Waals surface area contributed by atoms with Gasteiger partial charge in [-0.15, -0.1) is 0 Å². The Morgan fingerprint density at radius 1 is 1.15 bits per heavy atom. The van der Waals surface area contributed by atoms with Crippen molar-refractivity contribution < 1.29 is 14.4 Å². The van der Waals surface area contributed by atoms with Crippen LogP contribution in [0.1, 0.15) is 18.1 Å². The predicted molar refractivity (Wildman–Crippen MR) is 105 cm³/mol. The van der Waals surface area contributed by atoms with Crippen molar-refractivity contribution >= 4 is 46.4 Å². The van der Waals surface area contributed by atoms with Crippen molar-refractivity contribution in [2.75, 3.05) is 18.9 Å². The Bertz CT molecular complexity index is 867. The Kier molecular flexibility index (Phi) is 5.98. The molecular formula is C19H17Cl2N3O3. The number of carbonyl (C=O) groups excluding carboxylic acids is 2. The van der Waals surface area contributed by atoms with Crippen LogP contribution in [0.4, 0.5) is 5.69 Å². The van der Waals surface area contributed by atoms with Crippen LogP contribution in [-0.4, -0.2) is 36.0 Å². The minimum Gasteiger partial charge on any atom is -0.387 e. The van der Waals surface area contributed by atoms with Gasteiger partial charge in [0.1, 0.15) is 5.71 Å². The molecule has 1 heterocycles. The number of nitrogens with zero attached hydrogens (tertiary/aromatic N) is 2. The molecule has 0 radical (unpaired) electrons. The number of nitrogens with one attached hydrogen (secondary N) is 1. The highest BCUT2D eigenvalue weighted by atomic mass is 35.5. The van der Waals surface area contributed by atoms with Crippen molar-refractivity contribution in [3.63, 3.8) is 0 Å². The van der Waals surface area contributed by atoms with Crippen molar-refractivity contribution in [3.8, 4) is 0 Å². The predicted octanol–water partition coefficient (Wildman–Crippen LogP) is 3.91. The largest absolute Gasteiger partial charge is 0.387 e. The fourth-order valence-corrected chi connectivity index (χ4v) is 3.15. The lowest BCUT2D eigenvalue weighted by molar-refractivity contribution is -0.127. The number of carbonyl (C=O) groups is 2. The lowest BCUT2D eigenvalue weighted by atomic mass is 10.0. The highest BCUT2D eigenvalue weighted by Gasteiger charge is 2.29. The molecule has 0 saturated carbocycles. The van der Waals surface area contributed by atoms with Gasteiger partial charge in [-0.2, -0.15) is 0 Å². The molecule has 1 atom stereocenters. The molecule has 1 aliphatic heterocycles. The van der Waals surface area contributed by atoms with Crippen LogP contribution in [0.15, 0.2) is 53.7 Å². The van der Waals surface area contributed by atoms with E-state index in [2.05, 4.69) is 10.5 Å². The SMILES string of the molecule is CN(CC(=O)Nc1c(Cl)cccc1Cl)C(=O)C1=NOC(c2ccccc2)C1. The second-order valence-corrected chi connectivity index (χ2v) is 6.87. The molecule has 2 aromatic carbocycles. The number of likely N-dealkylation sites (N-methyl/N-ethyl adjacent to an activating group) is 1. The minimum absolute atomic E-state index is 0.171. The maximum absolute atomic E-state index is 12.5. The molecule has 0 spiro atoms. The number of hydrogen-bond donors (Lipinski definition) is 1. The first-order valence-electron chi connectivity index (χ1n) is 8.22. The van der Waals surface area contributed by atoms with Gasteiger partial charge in [-0.3, -0.25) is 9.59 Å². The van der Waals surface area contributed by atoms with E-state index in [0.717, 1.165) is 5.56 Å². The van der Waals surface area contributed by atoms with E-state index in [4.69, 9.17) is 28.0 Å². The van der Waals surface area contributed by atoms with Crippen LogP contribution in [0, 0.1) is 0 Å². The summed E-state index contributed by atoms with van der Waals surface area (Å²) in [5.41, 5.74) is 1.53. The summed E-state index contributed by atoms with van der Waals surface area (Å²) in [6, 6.07) is 14.4. The smallest absolute Gasteiger partial charge is 0.272 e. The number of halogens is 2. The van der Waals surface area contributed by atoms with Gasteiger partial charge in [0.25, 0.3) is 5.91 Å². The summed E-state index contributed by atoms with van der Waals surface area (Å²) in [5.74, 6) is -0.784. The molecule has 27 heavy (non-hydrogen) atoms. The molecule has 8 heteroatoms. The number of rotatable bonds is 5. The van der Waals surface area contributed by atoms with Crippen LogP contribution in [0.2, 0.25) is 10.0 Å². The van der Waals surface area contributed by atoms with Gasteiger partial charge < -0.3 is 15.1 Å². The molecule has 0 bridgehead atoms. The van der Waals surface area contributed by atoms with Gasteiger partial charge in [0.05, 0.1) is 22.3 Å². The van der Waals surface area contributed by atoms with Crippen molar-refractivity contribution in [2.45, 2.75) is 12.5 Å². The van der Waals surface area contributed by atoms with Gasteiger partial charge in [0.15, 0.2) is 6.10 Å². The zero-order valence-corrected chi connectivity index (χ0v) is 16.0. The molecule has 0 aliphatic carbocycles. The Morgan fingerprint density at radius 3 is 2.48 bits per heavy atom. The molecule has 2 aromatic rings. The summed E-state index contributed by atoms with van der Waals surface area (Å²) >= 11 is 12.1. The maximum atomic E-state index is 12.5. The van der Waals surface area contributed by atoms with E-state index in [0.29, 0.717) is 22.2 Å². The van der Waals surface area contributed by atoms with Crippen LogP contribution in [0.25, 0.3) is 0 Å². The molecule has 1 N–H and O–H groups in total. The number of hydrogen-bond acceptors (Lipinski definition) is 4. The first-order valence-corrected chi connectivity index (χ1v) is 8.98. The summed E-state index contributed by atoms with van der Waals surface area (Å²) in [5, 5.41) is 7.15.